The van der Waals surface area contributed by atoms with E-state index in [1.165, 1.54) is 4.80 Å². The van der Waals surface area contributed by atoms with Gasteiger partial charge in [0.2, 0.25) is 0 Å². The Labute approximate surface area is 241 Å². The van der Waals surface area contributed by atoms with Gasteiger partial charge in [-0.15, -0.1) is 5.10 Å². The molecule has 0 unspecified atom stereocenters. The Hall–Kier alpha value is -5.48. The molecular formula is C36H28N4. The first-order chi connectivity index (χ1) is 21.9. The lowest BCUT2D eigenvalue weighted by Gasteiger charge is -2.25. The van der Waals surface area contributed by atoms with Gasteiger partial charge in [-0.3, -0.25) is 0 Å². The quantitative estimate of drug-likeness (QED) is 0.187. The first-order valence-corrected chi connectivity index (χ1v) is 12.8. The number of para-hydroxylation sites is 1. The summed E-state index contributed by atoms with van der Waals surface area (Å²) in [7, 11) is 0. The van der Waals surface area contributed by atoms with Gasteiger partial charge in [-0.25, -0.2) is 0 Å². The molecule has 0 N–H and O–H groups in total. The molecule has 0 saturated carbocycles. The molecule has 6 rings (SSSR count). The van der Waals surface area contributed by atoms with Gasteiger partial charge in [0.25, 0.3) is 0 Å². The van der Waals surface area contributed by atoms with Crippen LogP contribution in [0.4, 0.5) is 17.1 Å². The summed E-state index contributed by atoms with van der Waals surface area (Å²) in [5.74, 6) is 0. The Bertz CT molecular complexity index is 1970. The molecule has 192 valence electrons. The minimum absolute atomic E-state index is 0.0581. The highest BCUT2D eigenvalue weighted by atomic mass is 15.5. The third-order valence-electron chi connectivity index (χ3n) is 6.41. The number of rotatable bonds is 8. The lowest BCUT2D eigenvalue weighted by molar-refractivity contribution is 0.750. The monoisotopic (exact) mass is 521 g/mol. The molecule has 0 amide bonds. The van der Waals surface area contributed by atoms with Crippen LogP contribution in [-0.4, -0.2) is 15.0 Å². The Morgan fingerprint density at radius 3 is 1.80 bits per heavy atom. The van der Waals surface area contributed by atoms with Gasteiger partial charge in [-0.1, -0.05) is 104 Å². The molecule has 4 nitrogen and oxygen atoms in total. The van der Waals surface area contributed by atoms with E-state index in [0.717, 1.165) is 22.3 Å². The fraction of sp³-hybridized carbons (Fsp3) is 0. The van der Waals surface area contributed by atoms with Gasteiger partial charge >= 0.3 is 0 Å². The summed E-state index contributed by atoms with van der Waals surface area (Å²) < 4.78 is 42.2. The van der Waals surface area contributed by atoms with Crippen molar-refractivity contribution in [2.45, 2.75) is 0 Å². The van der Waals surface area contributed by atoms with Gasteiger partial charge in [0, 0.05) is 17.1 Å². The van der Waals surface area contributed by atoms with Crippen LogP contribution in [0.15, 0.2) is 158 Å². The standard InChI is InChI=1S/C36H28N4/c1-2-3-12-32-27-37-40(38-32)36-25-23-35(24-26-36)39(33-13-8-5-9-14-33)34-21-19-31(20-22-34)30-17-15-29(16-18-30)28-10-6-4-7-11-28/h2-27H,1H2/b12-3-/i5D,8D,9D,13D,14D. The summed E-state index contributed by atoms with van der Waals surface area (Å²) in [6.45, 7) is 3.67. The highest BCUT2D eigenvalue weighted by Crippen LogP contribution is 2.36. The van der Waals surface area contributed by atoms with E-state index in [1.807, 2.05) is 66.7 Å². The average Bonchev–Trinajstić information content (AvgIpc) is 3.57. The van der Waals surface area contributed by atoms with Gasteiger partial charge in [0.15, 0.2) is 0 Å². The average molecular weight is 522 g/mol. The maximum absolute atomic E-state index is 8.72. The normalized spacial score (nSPS) is 12.8. The fourth-order valence-electron chi connectivity index (χ4n) is 4.43. The third kappa shape index (κ3) is 5.38. The Balaban J connectivity index is 1.39. The summed E-state index contributed by atoms with van der Waals surface area (Å²) >= 11 is 0. The molecule has 0 fully saturated rings. The van der Waals surface area contributed by atoms with E-state index in [9.17, 15) is 0 Å². The number of benzene rings is 5. The lowest BCUT2D eigenvalue weighted by atomic mass is 10.00. The zero-order valence-electron chi connectivity index (χ0n) is 26.6. The van der Waals surface area contributed by atoms with Crippen molar-refractivity contribution in [3.05, 3.63) is 164 Å². The summed E-state index contributed by atoms with van der Waals surface area (Å²) in [5, 5.41) is 8.79. The van der Waals surface area contributed by atoms with Gasteiger partial charge in [0.1, 0.15) is 5.69 Å². The molecule has 0 spiro atoms. The fourth-order valence-corrected chi connectivity index (χ4v) is 4.43. The van der Waals surface area contributed by atoms with Crippen LogP contribution in [0.5, 0.6) is 0 Å². The van der Waals surface area contributed by atoms with Crippen LogP contribution in [0, 0.1) is 0 Å². The summed E-state index contributed by atoms with van der Waals surface area (Å²) in [6, 6.07) is 31.7. The molecule has 0 radical (unpaired) electrons. The number of nitrogens with zero attached hydrogens (tertiary/aromatic N) is 4. The van der Waals surface area contributed by atoms with Gasteiger partial charge in [0.05, 0.1) is 18.7 Å². The molecule has 1 aromatic heterocycles. The van der Waals surface area contributed by atoms with Gasteiger partial charge in [-0.2, -0.15) is 9.90 Å². The molecule has 0 bridgehead atoms. The third-order valence-corrected chi connectivity index (χ3v) is 6.41. The Morgan fingerprint density at radius 2 is 1.20 bits per heavy atom. The zero-order chi connectivity index (χ0) is 31.5. The molecule has 0 atom stereocenters. The van der Waals surface area contributed by atoms with Crippen LogP contribution in [0.2, 0.25) is 0 Å². The van der Waals surface area contributed by atoms with Crippen molar-refractivity contribution in [3.63, 3.8) is 0 Å². The van der Waals surface area contributed by atoms with Crippen LogP contribution in [-0.2, 0) is 0 Å². The first kappa shape index (κ1) is 19.6. The largest absolute Gasteiger partial charge is 0.311 e. The van der Waals surface area contributed by atoms with Crippen molar-refractivity contribution in [3.8, 4) is 27.9 Å². The second-order valence-corrected chi connectivity index (χ2v) is 8.97. The number of anilines is 3. The summed E-state index contributed by atoms with van der Waals surface area (Å²) in [4.78, 5) is 3.18. The first-order valence-electron chi connectivity index (χ1n) is 15.3. The topological polar surface area (TPSA) is 34.0 Å². The molecular weight excluding hydrogens is 488 g/mol. The van der Waals surface area contributed by atoms with E-state index in [2.05, 4.69) is 53.2 Å². The minimum Gasteiger partial charge on any atom is -0.311 e. The van der Waals surface area contributed by atoms with Crippen LogP contribution in [0.3, 0.4) is 0 Å². The molecule has 1 heterocycles. The highest BCUT2D eigenvalue weighted by Gasteiger charge is 2.13. The Kier molecular flexibility index (Phi) is 5.63. The van der Waals surface area contributed by atoms with Crippen molar-refractivity contribution < 1.29 is 6.85 Å². The van der Waals surface area contributed by atoms with Crippen LogP contribution >= 0.6 is 0 Å². The molecule has 40 heavy (non-hydrogen) atoms. The SMILES string of the molecule is [2H]c1c([2H])c([2H])c(N(c2ccc(-c3ccc(-c4ccccc4)cc3)cc2)c2ccc(-n3ncc(/C=C\C=C)n3)cc2)c([2H])c1[2H]. The van der Waals surface area contributed by atoms with Crippen LogP contribution in [0.1, 0.15) is 12.5 Å². The lowest BCUT2D eigenvalue weighted by Crippen LogP contribution is -2.10. The predicted octanol–water partition coefficient (Wildman–Crippen LogP) is 9.27. The highest BCUT2D eigenvalue weighted by molar-refractivity contribution is 5.79. The van der Waals surface area contributed by atoms with Gasteiger partial charge in [-0.05, 0) is 76.8 Å². The van der Waals surface area contributed by atoms with Crippen molar-refractivity contribution in [1.82, 2.24) is 15.0 Å². The zero-order valence-corrected chi connectivity index (χ0v) is 21.6. The smallest absolute Gasteiger partial charge is 0.106 e. The number of aromatic nitrogens is 3. The molecule has 0 saturated heterocycles. The molecule has 0 aliphatic rings. The van der Waals surface area contributed by atoms with E-state index in [0.29, 0.717) is 22.8 Å². The molecule has 0 aliphatic carbocycles. The van der Waals surface area contributed by atoms with E-state index in [4.69, 9.17) is 6.85 Å². The van der Waals surface area contributed by atoms with Crippen molar-refractivity contribution >= 4 is 23.1 Å². The van der Waals surface area contributed by atoms with E-state index >= 15 is 0 Å². The van der Waals surface area contributed by atoms with E-state index < -0.39 is 18.1 Å². The van der Waals surface area contributed by atoms with E-state index in [-0.39, 0.29) is 17.8 Å². The summed E-state index contributed by atoms with van der Waals surface area (Å²) in [6.07, 6.45) is 6.88. The summed E-state index contributed by atoms with van der Waals surface area (Å²) in [5.41, 5.74) is 6.98. The molecule has 5 aromatic carbocycles. The molecule has 4 heteroatoms. The Morgan fingerprint density at radius 1 is 0.650 bits per heavy atom. The molecule has 6 aromatic rings. The maximum atomic E-state index is 8.72. The minimum atomic E-state index is -0.440. The number of hydrogen-bond acceptors (Lipinski definition) is 3. The van der Waals surface area contributed by atoms with Crippen LogP contribution in [0.25, 0.3) is 34.0 Å². The predicted molar refractivity (Wildman–Crippen MR) is 166 cm³/mol. The number of allylic oxidation sites excluding steroid dienone is 2. The van der Waals surface area contributed by atoms with E-state index in [1.54, 1.807) is 29.3 Å². The second kappa shape index (κ2) is 11.5. The molecule has 0 aliphatic heterocycles. The maximum Gasteiger partial charge on any atom is 0.106 e. The second-order valence-electron chi connectivity index (χ2n) is 8.97. The van der Waals surface area contributed by atoms with Crippen molar-refractivity contribution in [2.24, 2.45) is 0 Å². The number of hydrogen-bond donors (Lipinski definition) is 0. The van der Waals surface area contributed by atoms with Crippen molar-refractivity contribution in [2.75, 3.05) is 4.90 Å². The van der Waals surface area contributed by atoms with Crippen molar-refractivity contribution in [1.29, 1.82) is 0 Å². The van der Waals surface area contributed by atoms with Crippen LogP contribution < -0.4 is 4.90 Å². The van der Waals surface area contributed by atoms with Gasteiger partial charge < -0.3 is 4.90 Å².